The van der Waals surface area contributed by atoms with E-state index in [1.807, 2.05) is 27.7 Å². The maximum Gasteiger partial charge on any atom is 0.330 e. The maximum absolute atomic E-state index is 13.7. The Morgan fingerprint density at radius 1 is 0.917 bits per heavy atom. The smallest absolute Gasteiger partial charge is 0.330 e. The van der Waals surface area contributed by atoms with E-state index in [9.17, 15) is 22.8 Å². The van der Waals surface area contributed by atoms with Crippen LogP contribution in [0.25, 0.3) is 10.9 Å². The number of benzene rings is 2. The van der Waals surface area contributed by atoms with Crippen molar-refractivity contribution in [1.82, 2.24) is 18.8 Å². The number of carbonyl (C=O) groups excluding carboxylic acids is 1. The molecule has 194 valence electrons. The van der Waals surface area contributed by atoms with Crippen LogP contribution in [0.4, 0.5) is 0 Å². The normalized spacial score (nSPS) is 12.9. The Hall–Kier alpha value is -3.24. The standard InChI is InChI=1S/C26H34N4O5S/c1-17(2)15-30(16-18(3)4)25(32)23(19-10-8-7-9-11-19)27-36(34,35)20-12-13-22-21(14-20)24(31)29(6)26(33)28(22)5/h7-14,17-18,23,27H,15-16H2,1-6H3. The fourth-order valence-electron chi connectivity index (χ4n) is 4.19. The molecule has 0 spiro atoms. The Balaban J connectivity index is 2.09. The Labute approximate surface area is 211 Å². The second kappa shape index (κ2) is 10.8. The van der Waals surface area contributed by atoms with Crippen LogP contribution in [-0.2, 0) is 28.9 Å². The molecular formula is C26H34N4O5S. The Kier molecular flexibility index (Phi) is 8.20. The van der Waals surface area contributed by atoms with Gasteiger partial charge in [-0.15, -0.1) is 0 Å². The van der Waals surface area contributed by atoms with Gasteiger partial charge in [-0.3, -0.25) is 18.7 Å². The molecule has 0 aliphatic rings. The van der Waals surface area contributed by atoms with E-state index in [-0.39, 0.29) is 28.0 Å². The van der Waals surface area contributed by atoms with E-state index in [1.165, 1.54) is 36.9 Å². The molecule has 0 saturated carbocycles. The number of aromatic nitrogens is 2. The number of carbonyl (C=O) groups is 1. The first-order valence-corrected chi connectivity index (χ1v) is 13.4. The van der Waals surface area contributed by atoms with Gasteiger partial charge in [0.2, 0.25) is 15.9 Å². The molecule has 0 aliphatic heterocycles. The molecule has 36 heavy (non-hydrogen) atoms. The van der Waals surface area contributed by atoms with E-state index in [1.54, 1.807) is 35.2 Å². The molecule has 0 bridgehead atoms. The van der Waals surface area contributed by atoms with Crippen molar-refractivity contribution >= 4 is 26.8 Å². The van der Waals surface area contributed by atoms with E-state index in [0.717, 1.165) is 4.57 Å². The van der Waals surface area contributed by atoms with Gasteiger partial charge in [0, 0.05) is 27.2 Å². The minimum atomic E-state index is -4.22. The van der Waals surface area contributed by atoms with Crippen LogP contribution in [0.5, 0.6) is 0 Å². The lowest BCUT2D eigenvalue weighted by molar-refractivity contribution is -0.134. The third kappa shape index (κ3) is 5.76. The molecule has 1 N–H and O–H groups in total. The fraction of sp³-hybridized carbons (Fsp3) is 0.423. The number of hydrogen-bond acceptors (Lipinski definition) is 5. The number of nitrogens with one attached hydrogen (secondary N) is 1. The summed E-state index contributed by atoms with van der Waals surface area (Å²) in [5.41, 5.74) is -0.271. The quantitative estimate of drug-likeness (QED) is 0.472. The van der Waals surface area contributed by atoms with Gasteiger partial charge in [0.1, 0.15) is 6.04 Å². The molecule has 1 aromatic heterocycles. The highest BCUT2D eigenvalue weighted by Gasteiger charge is 2.31. The molecule has 0 aliphatic carbocycles. The second-order valence-corrected chi connectivity index (χ2v) is 11.6. The summed E-state index contributed by atoms with van der Waals surface area (Å²) in [5.74, 6) is 0.0550. The van der Waals surface area contributed by atoms with Crippen molar-refractivity contribution in [3.8, 4) is 0 Å². The maximum atomic E-state index is 13.7. The van der Waals surface area contributed by atoms with Gasteiger partial charge in [-0.25, -0.2) is 13.2 Å². The second-order valence-electron chi connectivity index (χ2n) is 9.88. The number of nitrogens with zero attached hydrogens (tertiary/aromatic N) is 3. The molecule has 3 aromatic rings. The highest BCUT2D eigenvalue weighted by molar-refractivity contribution is 7.89. The van der Waals surface area contributed by atoms with Crippen molar-refractivity contribution in [1.29, 1.82) is 0 Å². The van der Waals surface area contributed by atoms with E-state index in [4.69, 9.17) is 0 Å². The van der Waals surface area contributed by atoms with Crippen LogP contribution in [0.3, 0.4) is 0 Å². The van der Waals surface area contributed by atoms with Gasteiger partial charge in [-0.05, 0) is 35.6 Å². The van der Waals surface area contributed by atoms with Crippen LogP contribution in [0.2, 0.25) is 0 Å². The molecule has 1 unspecified atom stereocenters. The topological polar surface area (TPSA) is 110 Å². The molecule has 0 saturated heterocycles. The number of sulfonamides is 1. The average Bonchev–Trinajstić information content (AvgIpc) is 2.83. The minimum absolute atomic E-state index is 0.0892. The van der Waals surface area contributed by atoms with Gasteiger partial charge in [-0.2, -0.15) is 4.72 Å². The van der Waals surface area contributed by atoms with Gasteiger partial charge < -0.3 is 4.90 Å². The molecule has 0 fully saturated rings. The van der Waals surface area contributed by atoms with Crippen LogP contribution >= 0.6 is 0 Å². The van der Waals surface area contributed by atoms with Crippen LogP contribution < -0.4 is 16.0 Å². The monoisotopic (exact) mass is 514 g/mol. The van der Waals surface area contributed by atoms with Gasteiger partial charge in [0.15, 0.2) is 0 Å². The van der Waals surface area contributed by atoms with Gasteiger partial charge in [-0.1, -0.05) is 58.0 Å². The highest BCUT2D eigenvalue weighted by atomic mass is 32.2. The lowest BCUT2D eigenvalue weighted by atomic mass is 10.0. The first-order chi connectivity index (χ1) is 16.8. The highest BCUT2D eigenvalue weighted by Crippen LogP contribution is 2.22. The summed E-state index contributed by atoms with van der Waals surface area (Å²) in [6.07, 6.45) is 0. The van der Waals surface area contributed by atoms with Crippen LogP contribution in [0.15, 0.2) is 63.0 Å². The first kappa shape index (κ1) is 27.3. The van der Waals surface area contributed by atoms with Gasteiger partial charge >= 0.3 is 5.69 Å². The van der Waals surface area contributed by atoms with Crippen molar-refractivity contribution in [3.63, 3.8) is 0 Å². The molecule has 1 atom stereocenters. The molecule has 0 radical (unpaired) electrons. The number of hydrogen-bond donors (Lipinski definition) is 1. The molecule has 1 amide bonds. The molecule has 2 aromatic carbocycles. The van der Waals surface area contributed by atoms with E-state index >= 15 is 0 Å². The lowest BCUT2D eigenvalue weighted by Crippen LogP contribution is -2.45. The molecule has 9 nitrogen and oxygen atoms in total. The zero-order chi connectivity index (χ0) is 26.8. The zero-order valence-corrected chi connectivity index (χ0v) is 22.4. The summed E-state index contributed by atoms with van der Waals surface area (Å²) < 4.78 is 31.8. The van der Waals surface area contributed by atoms with Crippen molar-refractivity contribution in [2.24, 2.45) is 25.9 Å². The fourth-order valence-corrected chi connectivity index (χ4v) is 5.39. The largest absolute Gasteiger partial charge is 0.341 e. The summed E-state index contributed by atoms with van der Waals surface area (Å²) in [5, 5.41) is 0.0892. The minimum Gasteiger partial charge on any atom is -0.341 e. The molecule has 10 heteroatoms. The van der Waals surface area contributed by atoms with E-state index in [0.29, 0.717) is 24.2 Å². The summed E-state index contributed by atoms with van der Waals surface area (Å²) in [6.45, 7) is 9.00. The summed E-state index contributed by atoms with van der Waals surface area (Å²) >= 11 is 0. The van der Waals surface area contributed by atoms with Crippen LogP contribution in [0, 0.1) is 11.8 Å². The predicted octanol–water partition coefficient (Wildman–Crippen LogP) is 2.40. The third-order valence-corrected chi connectivity index (χ3v) is 7.30. The molecule has 3 rings (SSSR count). The third-order valence-electron chi connectivity index (χ3n) is 5.88. The van der Waals surface area contributed by atoms with Gasteiger partial charge in [0.25, 0.3) is 5.56 Å². The van der Waals surface area contributed by atoms with Crippen molar-refractivity contribution in [3.05, 3.63) is 74.9 Å². The van der Waals surface area contributed by atoms with Gasteiger partial charge in [0.05, 0.1) is 15.8 Å². The first-order valence-electron chi connectivity index (χ1n) is 11.9. The lowest BCUT2D eigenvalue weighted by Gasteiger charge is -2.30. The van der Waals surface area contributed by atoms with Crippen LogP contribution in [-0.4, -0.2) is 41.4 Å². The van der Waals surface area contributed by atoms with Crippen molar-refractivity contribution < 1.29 is 13.2 Å². The zero-order valence-electron chi connectivity index (χ0n) is 21.6. The van der Waals surface area contributed by atoms with Crippen molar-refractivity contribution in [2.75, 3.05) is 13.1 Å². The predicted molar refractivity (Wildman–Crippen MR) is 140 cm³/mol. The SMILES string of the molecule is CC(C)CN(CC(C)C)C(=O)C(NS(=O)(=O)c1ccc2c(c1)c(=O)n(C)c(=O)n2C)c1ccccc1. The Morgan fingerprint density at radius 3 is 2.06 bits per heavy atom. The van der Waals surface area contributed by atoms with Crippen molar-refractivity contribution in [2.45, 2.75) is 38.6 Å². The summed E-state index contributed by atoms with van der Waals surface area (Å²) in [7, 11) is -1.37. The van der Waals surface area contributed by atoms with E-state index < -0.39 is 27.3 Å². The summed E-state index contributed by atoms with van der Waals surface area (Å²) in [6, 6.07) is 11.6. The Morgan fingerprint density at radius 2 is 1.50 bits per heavy atom. The average molecular weight is 515 g/mol. The number of rotatable bonds is 9. The molecule has 1 heterocycles. The molecular weight excluding hydrogens is 480 g/mol. The number of amides is 1. The number of aryl methyl sites for hydroxylation is 1. The Bertz CT molecular complexity index is 1460. The number of fused-ring (bicyclic) bond motifs is 1. The van der Waals surface area contributed by atoms with Crippen LogP contribution in [0.1, 0.15) is 39.3 Å². The van der Waals surface area contributed by atoms with E-state index in [2.05, 4.69) is 4.72 Å². The summed E-state index contributed by atoms with van der Waals surface area (Å²) in [4.78, 5) is 40.2.